The van der Waals surface area contributed by atoms with Crippen molar-refractivity contribution in [2.24, 2.45) is 0 Å². The maximum Gasteiger partial charge on any atom is 0.349 e. The Morgan fingerprint density at radius 3 is 2.87 bits per heavy atom. The highest BCUT2D eigenvalue weighted by Gasteiger charge is 2.21. The van der Waals surface area contributed by atoms with Crippen LogP contribution in [0, 0.1) is 0 Å². The quantitative estimate of drug-likeness (QED) is 0.562. The molecule has 0 bridgehead atoms. The average molecular weight is 345 g/mol. The van der Waals surface area contributed by atoms with E-state index in [9.17, 15) is 9.59 Å². The zero-order valence-electron chi connectivity index (χ0n) is 12.5. The summed E-state index contributed by atoms with van der Waals surface area (Å²) in [6, 6.07) is 9.93. The highest BCUT2D eigenvalue weighted by atomic mass is 32.1. The Morgan fingerprint density at radius 1 is 1.30 bits per heavy atom. The molecule has 0 saturated heterocycles. The van der Waals surface area contributed by atoms with Crippen LogP contribution in [0.4, 0.5) is 0 Å². The van der Waals surface area contributed by atoms with Gasteiger partial charge >= 0.3 is 5.97 Å². The fraction of sp³-hybridized carbons (Fsp3) is 0.176. The van der Waals surface area contributed by atoms with Crippen molar-refractivity contribution >= 4 is 54.0 Å². The van der Waals surface area contributed by atoms with E-state index in [2.05, 4.69) is 18.0 Å². The molecule has 2 aromatic heterocycles. The molecule has 6 heteroatoms. The highest BCUT2D eigenvalue weighted by molar-refractivity contribution is 7.33. The Hall–Kier alpha value is -2.18. The van der Waals surface area contributed by atoms with Gasteiger partial charge < -0.3 is 10.1 Å². The molecule has 1 atom stereocenters. The molecule has 0 radical (unpaired) electrons. The number of carbonyl (C=O) groups excluding carboxylic acids is 2. The fourth-order valence-electron chi connectivity index (χ4n) is 2.19. The second-order valence-corrected chi connectivity index (χ2v) is 7.12. The molecule has 0 aliphatic rings. The van der Waals surface area contributed by atoms with Gasteiger partial charge in [0.05, 0.1) is 4.70 Å². The minimum atomic E-state index is -0.834. The van der Waals surface area contributed by atoms with Gasteiger partial charge in [0.25, 0.3) is 5.91 Å². The van der Waals surface area contributed by atoms with Gasteiger partial charge in [-0.25, -0.2) is 4.79 Å². The summed E-state index contributed by atoms with van der Waals surface area (Å²) < 4.78 is 8.58. The number of rotatable bonds is 5. The molecule has 0 fully saturated rings. The van der Waals surface area contributed by atoms with Crippen LogP contribution in [0.25, 0.3) is 19.5 Å². The van der Waals surface area contributed by atoms with Crippen LogP contribution >= 0.6 is 22.7 Å². The van der Waals surface area contributed by atoms with Gasteiger partial charge in [0, 0.05) is 21.3 Å². The SMILES string of the molecule is C=CCNC(=O)[C@H](C)OC(=O)c1cc2sc3ccccc3c2s1. The number of thiophene rings is 2. The maximum absolute atomic E-state index is 12.2. The van der Waals surface area contributed by atoms with E-state index in [1.165, 1.54) is 16.0 Å². The number of nitrogens with one attached hydrogen (secondary N) is 1. The number of ether oxygens (including phenoxy) is 1. The first-order chi connectivity index (χ1) is 11.1. The second kappa shape index (κ2) is 6.52. The van der Waals surface area contributed by atoms with Gasteiger partial charge in [-0.05, 0) is 19.1 Å². The summed E-state index contributed by atoms with van der Waals surface area (Å²) in [6.07, 6.45) is 0.740. The Kier molecular flexibility index (Phi) is 4.45. The lowest BCUT2D eigenvalue weighted by molar-refractivity contribution is -0.128. The van der Waals surface area contributed by atoms with Crippen LogP contribution in [0.1, 0.15) is 16.6 Å². The number of carbonyl (C=O) groups is 2. The molecule has 1 N–H and O–H groups in total. The Bertz CT molecular complexity index is 894. The monoisotopic (exact) mass is 345 g/mol. The number of hydrogen-bond acceptors (Lipinski definition) is 5. The molecule has 0 spiro atoms. The van der Waals surface area contributed by atoms with Crippen LogP contribution < -0.4 is 5.32 Å². The van der Waals surface area contributed by atoms with Crippen molar-refractivity contribution in [1.29, 1.82) is 0 Å². The first kappa shape index (κ1) is 15.7. The molecule has 3 aromatic rings. The number of hydrogen-bond donors (Lipinski definition) is 1. The minimum Gasteiger partial charge on any atom is -0.448 e. The van der Waals surface area contributed by atoms with Gasteiger partial charge in [-0.2, -0.15) is 0 Å². The maximum atomic E-state index is 12.2. The minimum absolute atomic E-state index is 0.331. The molecule has 1 aromatic carbocycles. The topological polar surface area (TPSA) is 55.4 Å². The summed E-state index contributed by atoms with van der Waals surface area (Å²) in [6.45, 7) is 5.43. The zero-order chi connectivity index (χ0) is 16.4. The second-order valence-electron chi connectivity index (χ2n) is 4.98. The Labute approximate surface area is 141 Å². The van der Waals surface area contributed by atoms with Gasteiger partial charge in [-0.3, -0.25) is 4.79 Å². The molecule has 0 saturated carbocycles. The standard InChI is InChI=1S/C17H15NO3S2/c1-3-8-18-16(19)10(2)21-17(20)14-9-13-15(23-14)11-6-4-5-7-12(11)22-13/h3-7,9-10H,1,8H2,2H3,(H,18,19)/t10-/m0/s1. The molecule has 3 rings (SSSR count). The molecule has 0 aliphatic heterocycles. The summed E-state index contributed by atoms with van der Waals surface area (Å²) in [7, 11) is 0. The number of amides is 1. The first-order valence-electron chi connectivity index (χ1n) is 7.11. The predicted octanol–water partition coefficient (Wildman–Crippen LogP) is 3.96. The molecule has 0 aliphatic carbocycles. The number of esters is 1. The van der Waals surface area contributed by atoms with E-state index in [0.717, 1.165) is 14.8 Å². The van der Waals surface area contributed by atoms with E-state index in [4.69, 9.17) is 4.74 Å². The Balaban J connectivity index is 1.78. The molecule has 23 heavy (non-hydrogen) atoms. The van der Waals surface area contributed by atoms with Crippen molar-refractivity contribution in [3.05, 3.63) is 47.9 Å². The van der Waals surface area contributed by atoms with Crippen LogP contribution in [0.3, 0.4) is 0 Å². The van der Waals surface area contributed by atoms with Crippen LogP contribution in [0.5, 0.6) is 0 Å². The predicted molar refractivity (Wildman–Crippen MR) is 95.3 cm³/mol. The zero-order valence-corrected chi connectivity index (χ0v) is 14.1. The summed E-state index contributed by atoms with van der Waals surface area (Å²) in [5.41, 5.74) is 0. The van der Waals surface area contributed by atoms with E-state index >= 15 is 0 Å². The van der Waals surface area contributed by atoms with E-state index in [-0.39, 0.29) is 5.91 Å². The molecule has 118 valence electrons. The largest absolute Gasteiger partial charge is 0.448 e. The Morgan fingerprint density at radius 2 is 2.09 bits per heavy atom. The summed E-state index contributed by atoms with van der Waals surface area (Å²) in [4.78, 5) is 24.5. The van der Waals surface area contributed by atoms with Crippen LogP contribution in [-0.4, -0.2) is 24.5 Å². The van der Waals surface area contributed by atoms with Gasteiger partial charge in [0.2, 0.25) is 0 Å². The third kappa shape index (κ3) is 3.13. The van der Waals surface area contributed by atoms with Crippen molar-refractivity contribution in [3.63, 3.8) is 0 Å². The summed E-state index contributed by atoms with van der Waals surface area (Å²) >= 11 is 3.05. The molecule has 2 heterocycles. The van der Waals surface area contributed by atoms with Crippen LogP contribution in [0.15, 0.2) is 43.0 Å². The number of benzene rings is 1. The van der Waals surface area contributed by atoms with Crippen molar-refractivity contribution in [2.75, 3.05) is 6.54 Å². The lowest BCUT2D eigenvalue weighted by Crippen LogP contribution is -2.35. The van der Waals surface area contributed by atoms with E-state index in [1.807, 2.05) is 24.3 Å². The fourth-order valence-corrected chi connectivity index (χ4v) is 4.60. The van der Waals surface area contributed by atoms with Crippen molar-refractivity contribution in [3.8, 4) is 0 Å². The third-order valence-electron chi connectivity index (χ3n) is 3.32. The highest BCUT2D eigenvalue weighted by Crippen LogP contribution is 2.39. The normalized spacial score (nSPS) is 12.2. The lowest BCUT2D eigenvalue weighted by atomic mass is 10.2. The number of fused-ring (bicyclic) bond motifs is 3. The van der Waals surface area contributed by atoms with Crippen LogP contribution in [-0.2, 0) is 9.53 Å². The first-order valence-corrected chi connectivity index (χ1v) is 8.74. The molecule has 0 unspecified atom stereocenters. The molecule has 1 amide bonds. The summed E-state index contributed by atoms with van der Waals surface area (Å²) in [5, 5.41) is 3.75. The molecular weight excluding hydrogens is 330 g/mol. The molecular formula is C17H15NO3S2. The van der Waals surface area contributed by atoms with Crippen molar-refractivity contribution in [2.45, 2.75) is 13.0 Å². The van der Waals surface area contributed by atoms with E-state index < -0.39 is 12.1 Å². The van der Waals surface area contributed by atoms with E-state index in [1.54, 1.807) is 24.3 Å². The third-order valence-corrected chi connectivity index (χ3v) is 5.72. The van der Waals surface area contributed by atoms with Crippen molar-refractivity contribution in [1.82, 2.24) is 5.32 Å². The van der Waals surface area contributed by atoms with Crippen molar-refractivity contribution < 1.29 is 14.3 Å². The van der Waals surface area contributed by atoms with E-state index in [0.29, 0.717) is 11.4 Å². The van der Waals surface area contributed by atoms with Gasteiger partial charge in [0.15, 0.2) is 6.10 Å². The van der Waals surface area contributed by atoms with Crippen LogP contribution in [0.2, 0.25) is 0 Å². The smallest absolute Gasteiger partial charge is 0.349 e. The van der Waals surface area contributed by atoms with Gasteiger partial charge in [-0.15, -0.1) is 29.3 Å². The summed E-state index contributed by atoms with van der Waals surface area (Å²) in [5.74, 6) is -0.800. The van der Waals surface area contributed by atoms with Gasteiger partial charge in [0.1, 0.15) is 4.88 Å². The molecule has 4 nitrogen and oxygen atoms in total. The average Bonchev–Trinajstić information content (AvgIpc) is 3.10. The lowest BCUT2D eigenvalue weighted by Gasteiger charge is -2.11. The van der Waals surface area contributed by atoms with Gasteiger partial charge in [-0.1, -0.05) is 24.3 Å².